The fourth-order valence-corrected chi connectivity index (χ4v) is 2.31. The number of ether oxygens (including phenoxy) is 1. The standard InChI is InChI=1S/C16H16N4O3/c1-9(2)16(3)15(22)19-13(20-16)12-14(23-8-21)18-11-7-5-4-6-10(11)17-12/h4-9H,1-3H3,(H,19,20,22). The number of benzene rings is 1. The maximum absolute atomic E-state index is 12.2. The van der Waals surface area contributed by atoms with Crippen LogP contribution in [0.15, 0.2) is 29.3 Å². The molecule has 1 aromatic heterocycles. The molecule has 0 saturated carbocycles. The van der Waals surface area contributed by atoms with Crippen LogP contribution in [0.2, 0.25) is 0 Å². The minimum Gasteiger partial charge on any atom is -0.407 e. The lowest BCUT2D eigenvalue weighted by atomic mass is 9.88. The summed E-state index contributed by atoms with van der Waals surface area (Å²) >= 11 is 0. The molecule has 2 aromatic rings. The van der Waals surface area contributed by atoms with Gasteiger partial charge >= 0.3 is 0 Å². The number of hydrogen-bond acceptors (Lipinski definition) is 6. The number of nitrogens with zero attached hydrogens (tertiary/aromatic N) is 3. The number of carbonyl (C=O) groups excluding carboxylic acids is 2. The second kappa shape index (κ2) is 5.42. The molecular weight excluding hydrogens is 296 g/mol. The lowest BCUT2D eigenvalue weighted by Crippen LogP contribution is -2.50. The summed E-state index contributed by atoms with van der Waals surface area (Å²) < 4.78 is 4.94. The SMILES string of the molecule is CC(C)C1(C)NC(c2nc3ccccc3nc2OC=O)=NC1=O. The van der Waals surface area contributed by atoms with Crippen molar-refractivity contribution in [1.82, 2.24) is 15.3 Å². The first-order chi connectivity index (χ1) is 11.0. The average molecular weight is 312 g/mol. The molecule has 7 nitrogen and oxygen atoms in total. The van der Waals surface area contributed by atoms with Gasteiger partial charge in [0.05, 0.1) is 11.0 Å². The smallest absolute Gasteiger partial charge is 0.299 e. The molecule has 1 N–H and O–H groups in total. The van der Waals surface area contributed by atoms with E-state index in [9.17, 15) is 9.59 Å². The summed E-state index contributed by atoms with van der Waals surface area (Å²) in [5, 5.41) is 3.10. The van der Waals surface area contributed by atoms with Gasteiger partial charge < -0.3 is 10.1 Å². The largest absolute Gasteiger partial charge is 0.407 e. The number of nitrogens with one attached hydrogen (secondary N) is 1. The van der Waals surface area contributed by atoms with Gasteiger partial charge in [0.1, 0.15) is 5.54 Å². The Morgan fingerprint density at radius 2 is 1.87 bits per heavy atom. The first kappa shape index (κ1) is 15.1. The maximum atomic E-state index is 12.2. The van der Waals surface area contributed by atoms with E-state index in [0.717, 1.165) is 0 Å². The molecule has 118 valence electrons. The molecule has 1 amide bonds. The molecule has 2 heterocycles. The molecule has 1 aromatic carbocycles. The van der Waals surface area contributed by atoms with Crippen LogP contribution in [0.1, 0.15) is 26.5 Å². The topological polar surface area (TPSA) is 93.5 Å². The van der Waals surface area contributed by atoms with E-state index in [0.29, 0.717) is 11.0 Å². The molecule has 7 heteroatoms. The first-order valence-electron chi connectivity index (χ1n) is 7.24. The quantitative estimate of drug-likeness (QED) is 0.859. The van der Waals surface area contributed by atoms with Crippen LogP contribution in [0.3, 0.4) is 0 Å². The third kappa shape index (κ3) is 2.44. The van der Waals surface area contributed by atoms with E-state index in [1.165, 1.54) is 0 Å². The number of hydrogen-bond donors (Lipinski definition) is 1. The highest BCUT2D eigenvalue weighted by Crippen LogP contribution is 2.27. The fraction of sp³-hybridized carbons (Fsp3) is 0.312. The van der Waals surface area contributed by atoms with Gasteiger partial charge in [-0.1, -0.05) is 26.0 Å². The van der Waals surface area contributed by atoms with E-state index >= 15 is 0 Å². The number of aromatic nitrogens is 2. The van der Waals surface area contributed by atoms with Crippen molar-refractivity contribution in [2.75, 3.05) is 0 Å². The van der Waals surface area contributed by atoms with Gasteiger partial charge in [0.15, 0.2) is 11.5 Å². The third-order valence-electron chi connectivity index (χ3n) is 4.11. The normalized spacial score (nSPS) is 20.5. The first-order valence-corrected chi connectivity index (χ1v) is 7.24. The van der Waals surface area contributed by atoms with Gasteiger partial charge in [0.2, 0.25) is 0 Å². The maximum Gasteiger partial charge on any atom is 0.299 e. The Labute approximate surface area is 132 Å². The van der Waals surface area contributed by atoms with Crippen LogP contribution in [0.4, 0.5) is 0 Å². The van der Waals surface area contributed by atoms with Gasteiger partial charge in [-0.15, -0.1) is 0 Å². The lowest BCUT2D eigenvalue weighted by Gasteiger charge is -2.27. The van der Waals surface area contributed by atoms with Gasteiger partial charge in [0, 0.05) is 0 Å². The van der Waals surface area contributed by atoms with Crippen LogP contribution in [-0.4, -0.2) is 33.7 Å². The highest BCUT2D eigenvalue weighted by Gasteiger charge is 2.43. The van der Waals surface area contributed by atoms with Crippen molar-refractivity contribution in [2.24, 2.45) is 10.9 Å². The van der Waals surface area contributed by atoms with Crippen molar-refractivity contribution in [3.05, 3.63) is 30.0 Å². The van der Waals surface area contributed by atoms with Gasteiger partial charge in [-0.25, -0.2) is 9.97 Å². The van der Waals surface area contributed by atoms with E-state index in [1.54, 1.807) is 19.1 Å². The Morgan fingerprint density at radius 1 is 1.22 bits per heavy atom. The number of amides is 1. The molecule has 23 heavy (non-hydrogen) atoms. The van der Waals surface area contributed by atoms with E-state index in [4.69, 9.17) is 4.74 Å². The Balaban J connectivity index is 2.12. The lowest BCUT2D eigenvalue weighted by molar-refractivity contribution is -0.123. The summed E-state index contributed by atoms with van der Waals surface area (Å²) in [6.07, 6.45) is 0. The minimum atomic E-state index is -0.818. The Bertz CT molecular complexity index is 831. The van der Waals surface area contributed by atoms with Gasteiger partial charge in [0.25, 0.3) is 18.3 Å². The molecule has 0 fully saturated rings. The van der Waals surface area contributed by atoms with Crippen LogP contribution in [0.5, 0.6) is 5.88 Å². The van der Waals surface area contributed by atoms with E-state index in [-0.39, 0.29) is 35.7 Å². The number of fused-ring (bicyclic) bond motifs is 1. The zero-order valence-corrected chi connectivity index (χ0v) is 13.0. The zero-order valence-electron chi connectivity index (χ0n) is 13.0. The summed E-state index contributed by atoms with van der Waals surface area (Å²) in [6, 6.07) is 7.19. The summed E-state index contributed by atoms with van der Waals surface area (Å²) in [4.78, 5) is 35.8. The van der Waals surface area contributed by atoms with Crippen LogP contribution in [0, 0.1) is 5.92 Å². The summed E-state index contributed by atoms with van der Waals surface area (Å²) in [5.74, 6) is 0.0293. The summed E-state index contributed by atoms with van der Waals surface area (Å²) in [7, 11) is 0. The Hall–Kier alpha value is -2.83. The molecule has 0 saturated heterocycles. The monoisotopic (exact) mass is 312 g/mol. The minimum absolute atomic E-state index is 0.0192. The fourth-order valence-electron chi connectivity index (χ4n) is 2.31. The predicted octanol–water partition coefficient (Wildman–Crippen LogP) is 1.46. The number of carbonyl (C=O) groups is 2. The number of rotatable bonds is 4. The van der Waals surface area contributed by atoms with Crippen LogP contribution < -0.4 is 10.1 Å². The van der Waals surface area contributed by atoms with Crippen molar-refractivity contribution < 1.29 is 14.3 Å². The van der Waals surface area contributed by atoms with Gasteiger partial charge in [-0.3, -0.25) is 9.59 Å². The van der Waals surface area contributed by atoms with Crippen LogP contribution in [0.25, 0.3) is 11.0 Å². The molecular formula is C16H16N4O3. The molecule has 0 aliphatic carbocycles. The Morgan fingerprint density at radius 3 is 2.43 bits per heavy atom. The van der Waals surface area contributed by atoms with Crippen molar-refractivity contribution in [3.63, 3.8) is 0 Å². The van der Waals surface area contributed by atoms with Gasteiger partial charge in [-0.05, 0) is 25.0 Å². The third-order valence-corrected chi connectivity index (χ3v) is 4.11. The molecule has 0 spiro atoms. The van der Waals surface area contributed by atoms with Crippen molar-refractivity contribution in [3.8, 4) is 5.88 Å². The Kier molecular flexibility index (Phi) is 3.55. The van der Waals surface area contributed by atoms with Crippen molar-refractivity contribution >= 4 is 29.2 Å². The molecule has 1 aliphatic heterocycles. The molecule has 3 rings (SSSR count). The second-order valence-electron chi connectivity index (χ2n) is 5.83. The zero-order chi connectivity index (χ0) is 16.6. The van der Waals surface area contributed by atoms with E-state index in [1.807, 2.05) is 26.0 Å². The predicted molar refractivity (Wildman–Crippen MR) is 84.2 cm³/mol. The highest BCUT2D eigenvalue weighted by atomic mass is 16.5. The summed E-state index contributed by atoms with van der Waals surface area (Å²) in [6.45, 7) is 5.92. The number of aliphatic imine (C=N–C) groups is 1. The second-order valence-corrected chi connectivity index (χ2v) is 5.83. The van der Waals surface area contributed by atoms with Crippen LogP contribution in [-0.2, 0) is 9.59 Å². The number of para-hydroxylation sites is 2. The number of amidine groups is 1. The molecule has 0 bridgehead atoms. The molecule has 1 aliphatic rings. The van der Waals surface area contributed by atoms with Crippen molar-refractivity contribution in [1.29, 1.82) is 0 Å². The van der Waals surface area contributed by atoms with E-state index < -0.39 is 5.54 Å². The molecule has 1 atom stereocenters. The van der Waals surface area contributed by atoms with Crippen LogP contribution >= 0.6 is 0 Å². The van der Waals surface area contributed by atoms with E-state index in [2.05, 4.69) is 20.3 Å². The summed E-state index contributed by atoms with van der Waals surface area (Å²) in [5.41, 5.74) is 0.634. The van der Waals surface area contributed by atoms with Gasteiger partial charge in [-0.2, -0.15) is 4.99 Å². The highest BCUT2D eigenvalue weighted by molar-refractivity contribution is 6.14. The van der Waals surface area contributed by atoms with Crippen molar-refractivity contribution in [2.45, 2.75) is 26.3 Å². The molecule has 1 unspecified atom stereocenters. The average Bonchev–Trinajstić information content (AvgIpc) is 2.84. The molecule has 0 radical (unpaired) electrons.